The molecule has 0 radical (unpaired) electrons. The number of carbonyl (C=O) groups excluding carboxylic acids is 6. The number of aromatic nitrogens is 10. The van der Waals surface area contributed by atoms with Gasteiger partial charge in [-0.15, -0.1) is 56.7 Å². The first-order chi connectivity index (χ1) is 64.7. The highest BCUT2D eigenvalue weighted by molar-refractivity contribution is 7.18. The van der Waals surface area contributed by atoms with E-state index in [1.165, 1.54) is 58.7 Å². The first kappa shape index (κ1) is 104. The van der Waals surface area contributed by atoms with Crippen molar-refractivity contribution in [3.8, 4) is 58.9 Å². The van der Waals surface area contributed by atoms with Gasteiger partial charge in [0.1, 0.15) is 62.8 Å². The SMILES string of the molecule is CC1CC(C)CN(C(=O)c2ccc(-c3cc(C(F)(F)F)n(C)n3)s2)C1.Cn1nc(-c2ccc(C(=O)N(CCC#N)Cc3ccccc3)s2)cc1C(F)(F)F.Cn1nc(-c2ccc(C(=O)N3CCN(CCO)CC3)s2)cc1C(F)(F)F.Cn1nc(-c2ccc(C(=O)N3CCN(c4ccc(F)cc4)CC3)s2)cc1C(F)(F)F.Cn1nc(-c2ccc(C(=O)NCCCN3CCCC3=O)s2)cc1C(F)(F)F. The van der Waals surface area contributed by atoms with Gasteiger partial charge in [0, 0.05) is 152 Å². The molecule has 26 nitrogen and oxygen atoms in total. The Bertz CT molecular complexity index is 6180. The molecule has 6 amide bonds. The molecule has 4 saturated heterocycles. The number of aryl methyl sites for hydroxylation is 5. The maximum absolute atomic E-state index is 13.1. The molecule has 14 heterocycles. The highest BCUT2D eigenvalue weighted by Gasteiger charge is 2.41. The second-order valence-electron chi connectivity index (χ2n) is 32.5. The van der Waals surface area contributed by atoms with E-state index in [0.717, 1.165) is 143 Å². The summed E-state index contributed by atoms with van der Waals surface area (Å²) in [5.74, 6) is -0.127. The quantitative estimate of drug-likeness (QED) is 0.0500. The van der Waals surface area contributed by atoms with Crippen molar-refractivity contribution >= 4 is 97.8 Å². The van der Waals surface area contributed by atoms with Crippen molar-refractivity contribution in [2.75, 3.05) is 110 Å². The van der Waals surface area contributed by atoms with Crippen LogP contribution in [0.1, 0.15) is 128 Å². The number of nitrogens with one attached hydrogen (secondary N) is 1. The lowest BCUT2D eigenvalue weighted by atomic mass is 9.92. The van der Waals surface area contributed by atoms with Crippen molar-refractivity contribution in [3.63, 3.8) is 0 Å². The number of nitrogens with zero attached hydrogens (tertiary/aromatic N) is 18. The van der Waals surface area contributed by atoms with Gasteiger partial charge in [-0.2, -0.15) is 96.6 Å². The van der Waals surface area contributed by atoms with E-state index < -0.39 is 59.4 Å². The largest absolute Gasteiger partial charge is 0.433 e. The van der Waals surface area contributed by atoms with Gasteiger partial charge in [0.15, 0.2) is 0 Å². The number of hydrogen-bond donors (Lipinski definition) is 2. The monoisotopic (exact) mass is 2020 g/mol. The summed E-state index contributed by atoms with van der Waals surface area (Å²) >= 11 is 5.63. The van der Waals surface area contributed by atoms with Gasteiger partial charge < -0.3 is 39.8 Å². The number of aliphatic hydroxyl groups excluding tert-OH is 1. The number of alkyl halides is 15. The second-order valence-corrected chi connectivity index (χ2v) is 37.9. The van der Waals surface area contributed by atoms with Crippen molar-refractivity contribution in [2.45, 2.75) is 83.4 Å². The molecule has 4 aliphatic rings. The lowest BCUT2D eigenvalue weighted by Gasteiger charge is -2.36. The zero-order valence-electron chi connectivity index (χ0n) is 74.6. The van der Waals surface area contributed by atoms with Gasteiger partial charge in [-0.1, -0.05) is 44.2 Å². The minimum absolute atomic E-state index is 0.0541. The summed E-state index contributed by atoms with van der Waals surface area (Å²) in [6.45, 7) is 13.5. The predicted octanol–water partition coefficient (Wildman–Crippen LogP) is 18.1. The molecule has 0 aliphatic carbocycles. The third-order valence-corrected chi connectivity index (χ3v) is 27.7. The minimum Gasteiger partial charge on any atom is -0.395 e. The Kier molecular flexibility index (Phi) is 33.8. The van der Waals surface area contributed by atoms with Crippen LogP contribution in [0.2, 0.25) is 0 Å². The molecule has 137 heavy (non-hydrogen) atoms. The lowest BCUT2D eigenvalue weighted by molar-refractivity contribution is -0.144. The molecule has 4 aliphatic heterocycles. The maximum atomic E-state index is 13.1. The molecular formula is C90H93F16N19O7S5. The average Bonchev–Trinajstić information content (AvgIpc) is 1.66. The van der Waals surface area contributed by atoms with E-state index >= 15 is 0 Å². The number of piperazine rings is 2. The first-order valence-corrected chi connectivity index (χ1v) is 46.8. The van der Waals surface area contributed by atoms with Crippen LogP contribution in [0.25, 0.3) is 52.9 Å². The Morgan fingerprint density at radius 2 is 0.832 bits per heavy atom. The molecule has 10 aromatic heterocycles. The highest BCUT2D eigenvalue weighted by Crippen LogP contribution is 2.42. The fourth-order valence-corrected chi connectivity index (χ4v) is 20.2. The molecule has 16 rings (SSSR count). The third-order valence-electron chi connectivity index (χ3n) is 22.3. The second kappa shape index (κ2) is 44.6. The zero-order valence-corrected chi connectivity index (χ0v) is 78.7. The summed E-state index contributed by atoms with van der Waals surface area (Å²) < 4.78 is 211. The summed E-state index contributed by atoms with van der Waals surface area (Å²) in [7, 11) is 6.22. The molecule has 0 saturated carbocycles. The number of hydrogen-bond acceptors (Lipinski definition) is 20. The Balaban J connectivity index is 0.000000154. The number of rotatable bonds is 21. The van der Waals surface area contributed by atoms with Crippen LogP contribution in [-0.2, 0) is 77.5 Å². The normalized spacial score (nSPS) is 15.6. The summed E-state index contributed by atoms with van der Waals surface area (Å²) in [6, 6.07) is 38.7. The van der Waals surface area contributed by atoms with Crippen molar-refractivity contribution in [2.24, 2.45) is 47.1 Å². The van der Waals surface area contributed by atoms with Gasteiger partial charge >= 0.3 is 30.9 Å². The minimum atomic E-state index is -4.50. The van der Waals surface area contributed by atoms with Crippen molar-refractivity contribution in [3.05, 3.63) is 210 Å². The van der Waals surface area contributed by atoms with Gasteiger partial charge in [0.05, 0.1) is 67.9 Å². The molecule has 2 aromatic carbocycles. The number of carbonyl (C=O) groups is 6. The fourth-order valence-electron chi connectivity index (χ4n) is 15.6. The number of β-amino-alcohol motifs (C(OH)–C–C–N with tert-alkyl or cyclic N) is 1. The van der Waals surface area contributed by atoms with Gasteiger partial charge in [-0.25, -0.2) is 4.39 Å². The average molecular weight is 2020 g/mol. The summed E-state index contributed by atoms with van der Waals surface area (Å²) in [5, 5.41) is 40.2. The van der Waals surface area contributed by atoms with E-state index in [9.17, 15) is 99.0 Å². The number of nitriles is 1. The molecule has 0 spiro atoms. The number of anilines is 1. The Labute approximate surface area is 795 Å². The molecule has 2 unspecified atom stereocenters. The molecule has 47 heteroatoms. The van der Waals surface area contributed by atoms with Crippen molar-refractivity contribution < 1.29 is 104 Å². The zero-order chi connectivity index (χ0) is 99.3. The molecule has 4 fully saturated rings. The third kappa shape index (κ3) is 27.0. The van der Waals surface area contributed by atoms with E-state index in [4.69, 9.17) is 10.4 Å². The topological polar surface area (TPSA) is 270 Å². The predicted molar refractivity (Wildman–Crippen MR) is 485 cm³/mol. The van der Waals surface area contributed by atoms with Crippen LogP contribution in [-0.4, -0.2) is 224 Å². The number of halogens is 16. The van der Waals surface area contributed by atoms with Gasteiger partial charge in [-0.05, 0) is 152 Å². The van der Waals surface area contributed by atoms with Crippen LogP contribution in [0.4, 0.5) is 75.9 Å². The Hall–Kier alpha value is -12.1. The van der Waals surface area contributed by atoms with E-state index in [1.54, 1.807) is 92.4 Å². The van der Waals surface area contributed by atoms with Crippen LogP contribution >= 0.6 is 56.7 Å². The highest BCUT2D eigenvalue weighted by atomic mass is 32.1. The number of aliphatic hydroxyl groups is 1. The van der Waals surface area contributed by atoms with Crippen molar-refractivity contribution in [1.82, 2.24) is 83.6 Å². The Morgan fingerprint density at radius 1 is 0.467 bits per heavy atom. The fraction of sp³-hybridized carbons (Fsp3) is 0.400. The lowest BCUT2D eigenvalue weighted by Crippen LogP contribution is -2.49. The van der Waals surface area contributed by atoms with Gasteiger partial charge in [0.25, 0.3) is 29.5 Å². The van der Waals surface area contributed by atoms with E-state index in [1.807, 2.05) is 41.3 Å². The van der Waals surface area contributed by atoms with Gasteiger partial charge in [-0.3, -0.25) is 57.1 Å². The van der Waals surface area contributed by atoms with Gasteiger partial charge in [0.2, 0.25) is 5.91 Å². The molecular weight excluding hydrogens is 1920 g/mol. The van der Waals surface area contributed by atoms with Crippen LogP contribution < -0.4 is 10.2 Å². The molecule has 732 valence electrons. The molecule has 12 aromatic rings. The van der Waals surface area contributed by atoms with Crippen molar-refractivity contribution in [1.29, 1.82) is 5.26 Å². The van der Waals surface area contributed by atoms with Crippen LogP contribution in [0.5, 0.6) is 0 Å². The number of likely N-dealkylation sites (tertiary alicyclic amines) is 2. The number of amides is 6. The number of piperidine rings is 1. The van der Waals surface area contributed by atoms with Crippen LogP contribution in [0, 0.1) is 29.0 Å². The maximum Gasteiger partial charge on any atom is 0.433 e. The van der Waals surface area contributed by atoms with E-state index in [-0.39, 0.29) is 89.3 Å². The smallest absolute Gasteiger partial charge is 0.395 e. The van der Waals surface area contributed by atoms with E-state index in [0.29, 0.717) is 152 Å². The first-order valence-electron chi connectivity index (χ1n) is 42.8. The number of thiophene rings is 5. The Morgan fingerprint density at radius 3 is 1.20 bits per heavy atom. The summed E-state index contributed by atoms with van der Waals surface area (Å²) in [4.78, 5) is 92.4. The molecule has 2 atom stereocenters. The number of benzene rings is 2. The van der Waals surface area contributed by atoms with Crippen LogP contribution in [0.15, 0.2) is 146 Å². The van der Waals surface area contributed by atoms with Crippen LogP contribution in [0.3, 0.4) is 0 Å². The standard InChI is InChI=1S/C20H18F4N4OS.C20H17F3N4OS.C17H19F3N4O2S.C17H20F3N3OS.C16H19F3N4O2S/c1-26-18(20(22,23)24)12-15(25-26)16-6-7-17(30-16)19(29)28-10-8-27(9-11-28)14-4-2-13(21)3-5-14;1-26-18(20(21,22)23)12-15(25-26)16-8-9-17(29-16)19(28)27(11-5-10-24)13-14-6-3-2-4-7-14;1-23-14(17(18,19)20)10-11(22-23)12-5-6-13(27-12)16(26)21-7-3-9-24-8-2-4-15(24)25;1-10-6-11(2)9-23(8-10)16(24)14-5-4-13(25-14)12-7-15(17(18,19)20)22(3)21-12;1-21-14(16(17,18)19)10-11(20-21)12-2-3-13(26-12)15(25)23-6-4-22(5-7-23)8-9-24/h2-7,12H,8-11H2,1H3;2-4,6-9,12H,5,11,13H2,1H3;5-6,10H,2-4,7-9H2,1H3,(H,21,26);4-5,7,10-11H,6,8-9H2,1-3H3;2-3,10,24H,4-9H2,1H3. The van der Waals surface area contributed by atoms with E-state index in [2.05, 4.69) is 54.5 Å². The summed E-state index contributed by atoms with van der Waals surface area (Å²) in [6.07, 6.45) is -19.0. The molecule has 0 bridgehead atoms. The molecule has 2 N–H and O–H groups in total. The summed E-state index contributed by atoms with van der Waals surface area (Å²) in [5.41, 5.74) is -1.36.